The standard InChI is InChI=1S/C28H31N3O2.C25H32F3N3O3.C24H29F4N3O2.C23H28ClF3N4O2/c1-21(32)25-12-13-26-28(29(2)18-19-31(25)26)14-16-30(17-15-28)27(33)24-10-8-23(9-11-24)20-22-6-4-3-5-7-22;1-17-15-18(5-6-19(17)34-16-23(2,3)33)22(32)30-11-9-24(10-12-30)20-7-8-21(25(26,27)28)31(20)14-13-29(24)4;1-15-13-16(5-6-17(15)22(2,3)33)21(32)30-9-7-23(8-10-30)20-18(25)14-19(24(26,27)28)31(20)12-11-29(23)4;1-14(2)33-18-6-5-17(28-15(18)3)21(32)30-9-7-22(8-10-30)20-16(24)13-19(23(25,26)27)31(20)12-11-29(22)4/h3-13H,14-20H2,1-2H3;5-8,15,33H,9-14,16H2,1-4H3;5-6,13-14,33H,7-12H2,1-4H3;5-6,13-14H,7-12H2,1-4H3. The molecule has 33 heteroatoms. The van der Waals surface area contributed by atoms with Gasteiger partial charge in [-0.2, -0.15) is 39.5 Å². The number of likely N-dealkylation sites (tertiary alicyclic amines) is 4. The van der Waals surface area contributed by atoms with Gasteiger partial charge < -0.3 is 57.6 Å². The molecule has 22 nitrogen and oxygen atoms in total. The Morgan fingerprint density at radius 1 is 0.444 bits per heavy atom. The number of pyridine rings is 1. The number of halogens is 11. The number of piperidine rings is 4. The minimum Gasteiger partial charge on any atom is -0.490 e. The quantitative estimate of drug-likeness (QED) is 0.0815. The molecule has 13 heterocycles. The lowest BCUT2D eigenvalue weighted by Gasteiger charge is -2.50. The number of ether oxygens (including phenoxy) is 2. The number of benzene rings is 4. The van der Waals surface area contributed by atoms with Crippen molar-refractivity contribution in [2.24, 2.45) is 0 Å². The van der Waals surface area contributed by atoms with Gasteiger partial charge in [0, 0.05) is 146 Å². The molecule has 0 bridgehead atoms. The zero-order chi connectivity index (χ0) is 96.4. The van der Waals surface area contributed by atoms with Crippen LogP contribution in [0.5, 0.6) is 11.5 Å². The van der Waals surface area contributed by atoms with Crippen molar-refractivity contribution in [3.05, 3.63) is 252 Å². The maximum absolute atomic E-state index is 14.9. The molecule has 8 aliphatic rings. The van der Waals surface area contributed by atoms with E-state index in [4.69, 9.17) is 21.1 Å². The maximum Gasteiger partial charge on any atom is 0.431 e. The normalized spacial score (nSPS) is 18.6. The number of hydrogen-bond acceptors (Lipinski definition) is 14. The number of amides is 4. The Morgan fingerprint density at radius 2 is 0.857 bits per heavy atom. The Morgan fingerprint density at radius 3 is 1.33 bits per heavy atom. The zero-order valence-electron chi connectivity index (χ0n) is 78.0. The smallest absolute Gasteiger partial charge is 0.431 e. The minimum absolute atomic E-state index is 0.00134. The third-order valence-corrected chi connectivity index (χ3v) is 28.7. The molecule has 0 saturated carbocycles. The van der Waals surface area contributed by atoms with E-state index in [9.17, 15) is 78.1 Å². The fourth-order valence-electron chi connectivity index (χ4n) is 21.2. The molecule has 8 aliphatic heterocycles. The van der Waals surface area contributed by atoms with Crippen molar-refractivity contribution in [2.45, 2.75) is 211 Å². The summed E-state index contributed by atoms with van der Waals surface area (Å²) in [5.41, 5.74) is 4.44. The second kappa shape index (κ2) is 38.1. The first kappa shape index (κ1) is 98.6. The van der Waals surface area contributed by atoms with Gasteiger partial charge in [-0.15, -0.1) is 0 Å². The van der Waals surface area contributed by atoms with Crippen molar-refractivity contribution >= 4 is 41.0 Å². The molecule has 716 valence electrons. The first-order chi connectivity index (χ1) is 62.5. The number of fused-ring (bicyclic) bond motifs is 8. The van der Waals surface area contributed by atoms with Crippen LogP contribution in [0.2, 0.25) is 5.02 Å². The van der Waals surface area contributed by atoms with Gasteiger partial charge in [-0.05, 0) is 261 Å². The predicted octanol–water partition coefficient (Wildman–Crippen LogP) is 17.4. The van der Waals surface area contributed by atoms with Gasteiger partial charge in [0.25, 0.3) is 23.6 Å². The van der Waals surface area contributed by atoms with Crippen molar-refractivity contribution < 1.29 is 87.6 Å². The molecule has 5 aromatic heterocycles. The molecule has 0 atom stereocenters. The number of aryl methyl sites for hydroxylation is 3. The molecule has 4 aromatic carbocycles. The van der Waals surface area contributed by atoms with Crippen molar-refractivity contribution in [1.29, 1.82) is 0 Å². The summed E-state index contributed by atoms with van der Waals surface area (Å²) in [6.45, 7) is 25.3. The highest BCUT2D eigenvalue weighted by atomic mass is 35.5. The maximum atomic E-state index is 14.9. The van der Waals surface area contributed by atoms with Crippen LogP contribution < -0.4 is 9.47 Å². The lowest BCUT2D eigenvalue weighted by atomic mass is 9.81. The molecule has 2 N–H and O–H groups in total. The zero-order valence-corrected chi connectivity index (χ0v) is 78.7. The molecule has 4 saturated heterocycles. The molecule has 9 aromatic rings. The average molecular weight is 1870 g/mol. The molecule has 17 rings (SSSR count). The van der Waals surface area contributed by atoms with Gasteiger partial charge in [0.15, 0.2) is 5.78 Å². The Hall–Kier alpha value is -10.4. The van der Waals surface area contributed by atoms with Gasteiger partial charge in [0.1, 0.15) is 46.7 Å². The van der Waals surface area contributed by atoms with Gasteiger partial charge in [0.05, 0.1) is 67.3 Å². The summed E-state index contributed by atoms with van der Waals surface area (Å²) in [6, 6.07) is 40.7. The summed E-state index contributed by atoms with van der Waals surface area (Å²) >= 11 is 6.37. The summed E-state index contributed by atoms with van der Waals surface area (Å²) in [6.07, 6.45) is -8.04. The van der Waals surface area contributed by atoms with Crippen LogP contribution in [0.1, 0.15) is 225 Å². The fraction of sp³-hybridized carbons (Fsp3) is 0.500. The van der Waals surface area contributed by atoms with Gasteiger partial charge in [-0.3, -0.25) is 43.6 Å². The third-order valence-electron chi connectivity index (χ3n) is 28.4. The Labute approximate surface area is 774 Å². The lowest BCUT2D eigenvalue weighted by molar-refractivity contribution is -0.145. The lowest BCUT2D eigenvalue weighted by Crippen LogP contribution is -2.57. The molecule has 4 spiro atoms. The number of alkyl halides is 9. The highest BCUT2D eigenvalue weighted by molar-refractivity contribution is 6.31. The number of likely N-dealkylation sites (N-methyl/N-ethyl adjacent to an activating group) is 4. The second-order valence-electron chi connectivity index (χ2n) is 38.3. The molecule has 0 unspecified atom stereocenters. The van der Waals surface area contributed by atoms with E-state index in [0.717, 1.165) is 84.0 Å². The second-order valence-corrected chi connectivity index (χ2v) is 38.7. The molecule has 0 aliphatic carbocycles. The van der Waals surface area contributed by atoms with E-state index in [1.54, 1.807) is 118 Å². The summed E-state index contributed by atoms with van der Waals surface area (Å²) in [7, 11) is 7.85. The number of hydrogen-bond donors (Lipinski definition) is 2. The number of ketones is 1. The summed E-state index contributed by atoms with van der Waals surface area (Å²) in [5, 5.41) is 20.3. The number of nitrogens with zero attached hydrogens (tertiary/aromatic N) is 13. The van der Waals surface area contributed by atoms with E-state index in [0.29, 0.717) is 155 Å². The van der Waals surface area contributed by atoms with Gasteiger partial charge >= 0.3 is 18.5 Å². The van der Waals surface area contributed by atoms with Gasteiger partial charge in [0.2, 0.25) is 0 Å². The highest BCUT2D eigenvalue weighted by Crippen LogP contribution is 2.51. The van der Waals surface area contributed by atoms with E-state index in [1.807, 2.05) is 75.9 Å². The molecular formula is C100H120ClF10N13O9. The molecule has 4 amide bonds. The number of carbonyl (C=O) groups is 5. The predicted molar refractivity (Wildman–Crippen MR) is 485 cm³/mol. The SMILES string of the molecule is CC(=O)c1ccc2n1CCN(C)C21CCN(C(=O)c2ccc(Cc3ccccc3)cc2)CC1.Cc1cc(C(=O)N2CCC3(CC2)c2c(F)cc(C(F)(F)F)n2CCN3C)ccc1C(C)(C)O.Cc1cc(C(=O)N2CCC3(CC2)c2ccc(C(F)(F)F)n2CCN3C)ccc1OCC(C)(C)O.Cc1nc(C(=O)N2CCC3(CC2)c2c(Cl)cc(C(F)(F)F)n2CCN3C)ccc1OC(C)C. The van der Waals surface area contributed by atoms with Crippen LogP contribution in [0.15, 0.2) is 140 Å². The molecule has 0 radical (unpaired) electrons. The number of aromatic nitrogens is 5. The number of carbonyl (C=O) groups excluding carboxylic acids is 5. The first-order valence-corrected chi connectivity index (χ1v) is 45.9. The molecular weight excluding hydrogens is 1750 g/mol. The van der Waals surface area contributed by atoms with Crippen LogP contribution >= 0.6 is 11.6 Å². The number of aliphatic hydroxyl groups is 2. The largest absolute Gasteiger partial charge is 0.490 e. The summed E-state index contributed by atoms with van der Waals surface area (Å²) in [4.78, 5) is 84.9. The third kappa shape index (κ3) is 20.1. The van der Waals surface area contributed by atoms with E-state index in [2.05, 4.69) is 73.8 Å². The Balaban J connectivity index is 0.000000142. The Bertz CT molecular complexity index is 5750. The Kier molecular flexibility index (Phi) is 28.2. The fourth-order valence-corrected chi connectivity index (χ4v) is 21.6. The van der Waals surface area contributed by atoms with Crippen molar-refractivity contribution in [3.8, 4) is 11.5 Å². The van der Waals surface area contributed by atoms with Crippen LogP contribution in [0, 0.1) is 26.6 Å². The molecule has 133 heavy (non-hydrogen) atoms. The summed E-state index contributed by atoms with van der Waals surface area (Å²) in [5.74, 6) is 0.155. The van der Waals surface area contributed by atoms with E-state index >= 15 is 0 Å². The van der Waals surface area contributed by atoms with Gasteiger partial charge in [-0.1, -0.05) is 60.1 Å². The van der Waals surface area contributed by atoms with E-state index in [-0.39, 0.29) is 71.5 Å². The highest BCUT2D eigenvalue weighted by Gasteiger charge is 2.54. The average Bonchev–Trinajstić information content (AvgIpc) is 1.61. The van der Waals surface area contributed by atoms with Crippen molar-refractivity contribution in [2.75, 3.05) is 113 Å². The first-order valence-electron chi connectivity index (χ1n) is 45.5. The topological polar surface area (TPSA) is 203 Å². The van der Waals surface area contributed by atoms with Crippen LogP contribution in [0.3, 0.4) is 0 Å². The minimum atomic E-state index is -4.62. The van der Waals surface area contributed by atoms with Crippen LogP contribution in [-0.2, 0) is 78.9 Å². The van der Waals surface area contributed by atoms with E-state index < -0.39 is 69.2 Å². The van der Waals surface area contributed by atoms with E-state index in [1.165, 1.54) is 32.0 Å². The van der Waals surface area contributed by atoms with Crippen LogP contribution in [0.25, 0.3) is 0 Å². The van der Waals surface area contributed by atoms with Crippen LogP contribution in [0.4, 0.5) is 43.9 Å². The van der Waals surface area contributed by atoms with Crippen molar-refractivity contribution in [1.82, 2.24) is 62.5 Å². The molecule has 4 fully saturated rings. The van der Waals surface area contributed by atoms with Crippen LogP contribution in [-0.4, -0.2) is 227 Å². The monoisotopic (exact) mass is 1870 g/mol. The number of Topliss-reactive ketones (excluding diaryl/α,β-unsaturated/α-hetero) is 1. The summed E-state index contributed by atoms with van der Waals surface area (Å²) < 4.78 is 154. The van der Waals surface area contributed by atoms with Gasteiger partial charge in [-0.25, -0.2) is 9.37 Å². The number of rotatable bonds is 13. The van der Waals surface area contributed by atoms with Crippen molar-refractivity contribution in [3.63, 3.8) is 0 Å².